The lowest BCUT2D eigenvalue weighted by atomic mass is 10.1. The van der Waals surface area contributed by atoms with Crippen molar-refractivity contribution in [1.82, 2.24) is 24.3 Å². The second-order valence-electron chi connectivity index (χ2n) is 7.07. The molecule has 3 heterocycles. The Labute approximate surface area is 172 Å². The third-order valence-corrected chi connectivity index (χ3v) is 4.57. The molecule has 3 aromatic heterocycles. The van der Waals surface area contributed by atoms with Crippen LogP contribution in [0.3, 0.4) is 0 Å². The van der Waals surface area contributed by atoms with Gasteiger partial charge in [0.05, 0.1) is 24.2 Å². The summed E-state index contributed by atoms with van der Waals surface area (Å²) in [6, 6.07) is 11.8. The van der Waals surface area contributed by atoms with Crippen molar-refractivity contribution in [2.75, 3.05) is 21.2 Å². The second-order valence-corrected chi connectivity index (χ2v) is 7.07. The third kappa shape index (κ3) is 3.77. The molecule has 8 heteroatoms. The largest absolute Gasteiger partial charge is 0.463 e. The maximum atomic E-state index is 13.5. The molecule has 152 valence electrons. The maximum absolute atomic E-state index is 13.5. The van der Waals surface area contributed by atoms with Crippen LogP contribution in [-0.2, 0) is 11.3 Å². The summed E-state index contributed by atoms with van der Waals surface area (Å²) in [4.78, 5) is 27.2. The minimum atomic E-state index is -0.623. The molecule has 4 aromatic rings. The second kappa shape index (κ2) is 8.00. The lowest BCUT2D eigenvalue weighted by Gasteiger charge is -2.10. The van der Waals surface area contributed by atoms with Crippen molar-refractivity contribution >= 4 is 11.6 Å². The highest BCUT2D eigenvalue weighted by molar-refractivity contribution is 5.86. The number of ether oxygens (including phenoxy) is 1. The van der Waals surface area contributed by atoms with Crippen LogP contribution in [0.25, 0.3) is 28.3 Å². The highest BCUT2D eigenvalue weighted by atomic mass is 19.1. The number of aromatic nitrogens is 4. The van der Waals surface area contributed by atoms with Crippen molar-refractivity contribution in [3.8, 4) is 22.6 Å². The number of benzene rings is 1. The quantitative estimate of drug-likeness (QED) is 0.474. The number of hydrogen-bond acceptors (Lipinski definition) is 6. The molecule has 0 saturated heterocycles. The van der Waals surface area contributed by atoms with Gasteiger partial charge in [0.25, 0.3) is 0 Å². The van der Waals surface area contributed by atoms with Crippen LogP contribution in [0, 0.1) is 5.82 Å². The molecular weight excluding hydrogens is 385 g/mol. The zero-order chi connectivity index (χ0) is 21.3. The van der Waals surface area contributed by atoms with Crippen LogP contribution in [0.2, 0.25) is 0 Å². The molecule has 0 aliphatic heterocycles. The summed E-state index contributed by atoms with van der Waals surface area (Å²) in [6.07, 6.45) is 3.42. The van der Waals surface area contributed by atoms with E-state index in [0.29, 0.717) is 17.1 Å². The molecule has 0 amide bonds. The summed E-state index contributed by atoms with van der Waals surface area (Å²) >= 11 is 0. The lowest BCUT2D eigenvalue weighted by molar-refractivity contribution is 0.0587. The summed E-state index contributed by atoms with van der Waals surface area (Å²) in [5, 5.41) is 0. The number of esters is 1. The summed E-state index contributed by atoms with van der Waals surface area (Å²) in [5.74, 6) is -0.992. The minimum Gasteiger partial charge on any atom is -0.463 e. The normalized spacial score (nSPS) is 11.2. The van der Waals surface area contributed by atoms with Crippen molar-refractivity contribution < 1.29 is 13.9 Å². The van der Waals surface area contributed by atoms with Crippen molar-refractivity contribution in [2.24, 2.45) is 0 Å². The Balaban J connectivity index is 1.94. The van der Waals surface area contributed by atoms with Gasteiger partial charge in [0.2, 0.25) is 5.82 Å². The van der Waals surface area contributed by atoms with E-state index >= 15 is 0 Å². The van der Waals surface area contributed by atoms with Crippen molar-refractivity contribution in [1.29, 1.82) is 0 Å². The van der Waals surface area contributed by atoms with Crippen LogP contribution >= 0.6 is 0 Å². The number of imidazole rings is 1. The molecule has 30 heavy (non-hydrogen) atoms. The Morgan fingerprint density at radius 1 is 1.13 bits per heavy atom. The fourth-order valence-electron chi connectivity index (χ4n) is 3.28. The molecule has 0 bridgehead atoms. The summed E-state index contributed by atoms with van der Waals surface area (Å²) in [6.45, 7) is 0.768. The van der Waals surface area contributed by atoms with Crippen LogP contribution in [0.4, 0.5) is 4.39 Å². The van der Waals surface area contributed by atoms with Crippen molar-refractivity contribution in [3.05, 3.63) is 72.1 Å². The molecule has 0 aliphatic carbocycles. The van der Waals surface area contributed by atoms with E-state index in [1.54, 1.807) is 18.2 Å². The average Bonchev–Trinajstić information content (AvgIpc) is 3.12. The number of halogens is 1. The van der Waals surface area contributed by atoms with E-state index in [0.717, 1.165) is 23.3 Å². The molecular formula is C22H20FN5O2. The number of carbonyl (C=O) groups is 1. The zero-order valence-corrected chi connectivity index (χ0v) is 16.8. The molecule has 0 unspecified atom stereocenters. The van der Waals surface area contributed by atoms with Crippen molar-refractivity contribution in [2.45, 2.75) is 6.54 Å². The van der Waals surface area contributed by atoms with Crippen LogP contribution in [-0.4, -0.2) is 51.4 Å². The van der Waals surface area contributed by atoms with Gasteiger partial charge in [-0.15, -0.1) is 0 Å². The van der Waals surface area contributed by atoms with E-state index in [9.17, 15) is 9.18 Å². The number of carbonyl (C=O) groups excluding carboxylic acids is 1. The molecule has 1 aromatic carbocycles. The van der Waals surface area contributed by atoms with E-state index in [-0.39, 0.29) is 11.6 Å². The van der Waals surface area contributed by atoms with Crippen LogP contribution < -0.4 is 0 Å². The summed E-state index contributed by atoms with van der Waals surface area (Å²) < 4.78 is 20.1. The molecule has 0 saturated carbocycles. The van der Waals surface area contributed by atoms with E-state index in [4.69, 9.17) is 9.72 Å². The van der Waals surface area contributed by atoms with E-state index in [2.05, 4.69) is 14.9 Å². The average molecular weight is 405 g/mol. The van der Waals surface area contributed by atoms with Gasteiger partial charge in [0.1, 0.15) is 11.5 Å². The summed E-state index contributed by atoms with van der Waals surface area (Å²) in [5.41, 5.74) is 4.39. The Morgan fingerprint density at radius 3 is 2.60 bits per heavy atom. The first kappa shape index (κ1) is 19.7. The Hall–Kier alpha value is -3.65. The molecule has 7 nitrogen and oxygen atoms in total. The number of methoxy groups -OCH3 is 1. The van der Waals surface area contributed by atoms with Gasteiger partial charge in [-0.05, 0) is 62.1 Å². The Kier molecular flexibility index (Phi) is 5.24. The van der Waals surface area contributed by atoms with Crippen LogP contribution in [0.5, 0.6) is 0 Å². The topological polar surface area (TPSA) is 72.6 Å². The van der Waals surface area contributed by atoms with Gasteiger partial charge in [-0.3, -0.25) is 4.40 Å². The van der Waals surface area contributed by atoms with Gasteiger partial charge in [-0.1, -0.05) is 0 Å². The predicted octanol–water partition coefficient (Wildman–Crippen LogP) is 3.45. The molecule has 0 fully saturated rings. The van der Waals surface area contributed by atoms with E-state index < -0.39 is 5.97 Å². The molecule has 0 N–H and O–H groups in total. The van der Waals surface area contributed by atoms with Crippen molar-refractivity contribution in [3.63, 3.8) is 0 Å². The number of fused-ring (bicyclic) bond motifs is 1. The third-order valence-electron chi connectivity index (χ3n) is 4.57. The molecule has 0 atom stereocenters. The molecule has 4 rings (SSSR count). The van der Waals surface area contributed by atoms with Gasteiger partial charge in [-0.2, -0.15) is 0 Å². The highest BCUT2D eigenvalue weighted by Crippen LogP contribution is 2.32. The SMILES string of the molecule is COC(=O)c1nccc(-c2c(-c3ccc(F)cc3)nc3cc(CN(C)C)ccn23)n1. The monoisotopic (exact) mass is 405 g/mol. The van der Waals surface area contributed by atoms with Gasteiger partial charge in [-0.25, -0.2) is 24.1 Å². The van der Waals surface area contributed by atoms with Crippen LogP contribution in [0.15, 0.2) is 54.9 Å². The van der Waals surface area contributed by atoms with Gasteiger partial charge in [0.15, 0.2) is 0 Å². The fraction of sp³-hybridized carbons (Fsp3) is 0.182. The highest BCUT2D eigenvalue weighted by Gasteiger charge is 2.19. The van der Waals surface area contributed by atoms with Gasteiger partial charge < -0.3 is 9.64 Å². The Bertz CT molecular complexity index is 1220. The van der Waals surface area contributed by atoms with E-state index in [1.807, 2.05) is 36.8 Å². The zero-order valence-electron chi connectivity index (χ0n) is 16.8. The first-order valence-electron chi connectivity index (χ1n) is 9.29. The first-order valence-corrected chi connectivity index (χ1v) is 9.29. The standard InChI is InChI=1S/C22H20FN5O2/c1-27(2)13-14-9-11-28-18(12-14)26-19(15-4-6-16(23)7-5-15)20(28)17-8-10-24-21(25-17)22(29)30-3/h4-12H,13H2,1-3H3. The molecule has 0 aliphatic rings. The number of nitrogens with zero attached hydrogens (tertiary/aromatic N) is 5. The first-order chi connectivity index (χ1) is 14.5. The number of hydrogen-bond donors (Lipinski definition) is 0. The lowest BCUT2D eigenvalue weighted by Crippen LogP contribution is -2.10. The Morgan fingerprint density at radius 2 is 1.90 bits per heavy atom. The van der Waals surface area contributed by atoms with Gasteiger partial charge >= 0.3 is 5.97 Å². The van der Waals surface area contributed by atoms with E-state index in [1.165, 1.54) is 25.4 Å². The van der Waals surface area contributed by atoms with Gasteiger partial charge in [0, 0.05) is 24.5 Å². The smallest absolute Gasteiger partial charge is 0.376 e. The molecule has 0 spiro atoms. The number of rotatable bonds is 5. The fourth-order valence-corrected chi connectivity index (χ4v) is 3.28. The summed E-state index contributed by atoms with van der Waals surface area (Å²) in [7, 11) is 5.28. The predicted molar refractivity (Wildman–Crippen MR) is 110 cm³/mol. The maximum Gasteiger partial charge on any atom is 0.376 e. The molecule has 0 radical (unpaired) electrons. The van der Waals surface area contributed by atoms with Crippen LogP contribution in [0.1, 0.15) is 16.2 Å². The minimum absolute atomic E-state index is 0.0424. The number of pyridine rings is 1.